The molecule has 0 saturated carbocycles. The van der Waals surface area contributed by atoms with Crippen molar-refractivity contribution in [1.82, 2.24) is 21.3 Å². The van der Waals surface area contributed by atoms with Gasteiger partial charge in [0.05, 0.1) is 0 Å². The molecule has 0 atom stereocenters. The Morgan fingerprint density at radius 2 is 1.54 bits per heavy atom. The second kappa shape index (κ2) is 10.4. The molecule has 24 heavy (non-hydrogen) atoms. The van der Waals surface area contributed by atoms with E-state index in [1.54, 1.807) is 0 Å². The van der Waals surface area contributed by atoms with Crippen LogP contribution < -0.4 is 21.3 Å². The minimum Gasteiger partial charge on any atom is -0.354 e. The van der Waals surface area contributed by atoms with Crippen molar-refractivity contribution in [2.24, 2.45) is 5.92 Å². The van der Waals surface area contributed by atoms with Crippen LogP contribution in [0, 0.1) is 5.92 Å². The Hall–Kier alpha value is -1.44. The van der Waals surface area contributed by atoms with Crippen molar-refractivity contribution in [3.8, 4) is 0 Å². The van der Waals surface area contributed by atoms with Crippen molar-refractivity contribution in [2.45, 2.75) is 12.8 Å². The predicted octanol–water partition coefficient (Wildman–Crippen LogP) is 0.423. The van der Waals surface area contributed by atoms with Crippen LogP contribution in [0.2, 0.25) is 0 Å². The van der Waals surface area contributed by atoms with Gasteiger partial charge in [0.15, 0.2) is 0 Å². The number of hydrogen-bond acceptors (Lipinski definition) is 4. The highest BCUT2D eigenvalue weighted by molar-refractivity contribution is 9.10. The van der Waals surface area contributed by atoms with Gasteiger partial charge in [-0.05, 0) is 43.6 Å². The molecular formula is C17H25BrN4O2. The quantitative estimate of drug-likeness (QED) is 0.546. The number of halogens is 1. The van der Waals surface area contributed by atoms with E-state index >= 15 is 0 Å². The van der Waals surface area contributed by atoms with Crippen LogP contribution in [-0.4, -0.2) is 51.1 Å². The predicted molar refractivity (Wildman–Crippen MR) is 97.7 cm³/mol. The summed E-state index contributed by atoms with van der Waals surface area (Å²) in [6, 6.07) is 7.70. The maximum Gasteiger partial charge on any atom is 0.232 e. The lowest BCUT2D eigenvalue weighted by Crippen LogP contribution is -2.46. The minimum absolute atomic E-state index is 0.223. The van der Waals surface area contributed by atoms with Crippen LogP contribution in [0.15, 0.2) is 28.7 Å². The van der Waals surface area contributed by atoms with Crippen LogP contribution in [-0.2, 0) is 16.0 Å². The Bertz CT molecular complexity index is 529. The summed E-state index contributed by atoms with van der Waals surface area (Å²) in [5, 5.41) is 12.3. The van der Waals surface area contributed by atoms with Gasteiger partial charge in [-0.25, -0.2) is 0 Å². The number of carbonyl (C=O) groups excluding carboxylic acids is 2. The van der Waals surface area contributed by atoms with E-state index in [0.717, 1.165) is 29.5 Å². The third-order valence-electron chi connectivity index (χ3n) is 3.87. The Balaban J connectivity index is 2.03. The minimum atomic E-state index is -0.720. The van der Waals surface area contributed by atoms with Crippen molar-refractivity contribution in [3.05, 3.63) is 34.3 Å². The van der Waals surface area contributed by atoms with Gasteiger partial charge in [0.2, 0.25) is 11.8 Å². The highest BCUT2D eigenvalue weighted by Crippen LogP contribution is 2.15. The van der Waals surface area contributed by atoms with Crippen LogP contribution >= 0.6 is 15.9 Å². The summed E-state index contributed by atoms with van der Waals surface area (Å²) >= 11 is 3.43. The first-order valence-corrected chi connectivity index (χ1v) is 9.17. The zero-order chi connectivity index (χ0) is 17.2. The van der Waals surface area contributed by atoms with Crippen molar-refractivity contribution in [2.75, 3.05) is 39.3 Å². The normalized spacial score (nSPS) is 19.2. The van der Waals surface area contributed by atoms with E-state index in [9.17, 15) is 9.59 Å². The molecule has 0 aromatic heterocycles. The molecule has 0 spiro atoms. The Morgan fingerprint density at radius 3 is 2.12 bits per heavy atom. The van der Waals surface area contributed by atoms with Gasteiger partial charge < -0.3 is 21.3 Å². The molecule has 7 heteroatoms. The molecule has 4 N–H and O–H groups in total. The first-order valence-electron chi connectivity index (χ1n) is 8.38. The zero-order valence-corrected chi connectivity index (χ0v) is 15.3. The fourth-order valence-electron chi connectivity index (χ4n) is 2.59. The lowest BCUT2D eigenvalue weighted by molar-refractivity contribution is -0.135. The van der Waals surface area contributed by atoms with Crippen LogP contribution in [0.3, 0.4) is 0 Å². The van der Waals surface area contributed by atoms with Crippen molar-refractivity contribution >= 4 is 27.7 Å². The maximum absolute atomic E-state index is 12.5. The Morgan fingerprint density at radius 1 is 0.917 bits per heavy atom. The Labute approximate surface area is 151 Å². The monoisotopic (exact) mass is 396 g/mol. The van der Waals surface area contributed by atoms with Crippen LogP contribution in [0.4, 0.5) is 0 Å². The highest BCUT2D eigenvalue weighted by Gasteiger charge is 2.26. The molecule has 2 amide bonds. The first-order chi connectivity index (χ1) is 11.7. The second-order valence-electron chi connectivity index (χ2n) is 5.82. The van der Waals surface area contributed by atoms with E-state index in [4.69, 9.17) is 0 Å². The highest BCUT2D eigenvalue weighted by atomic mass is 79.9. The van der Waals surface area contributed by atoms with Gasteiger partial charge in [0, 0.05) is 30.7 Å². The number of rotatable bonds is 2. The SMILES string of the molecule is O=C1NCCNCCCNCCNC(=O)C1Cc1cccc(Br)c1. The van der Waals surface area contributed by atoms with E-state index in [1.165, 1.54) is 0 Å². The molecule has 1 heterocycles. The molecule has 1 fully saturated rings. The fourth-order valence-corrected chi connectivity index (χ4v) is 3.03. The van der Waals surface area contributed by atoms with Gasteiger partial charge in [-0.2, -0.15) is 0 Å². The number of amides is 2. The molecule has 1 aromatic rings. The number of benzene rings is 1. The van der Waals surface area contributed by atoms with Gasteiger partial charge in [-0.1, -0.05) is 28.1 Å². The summed E-state index contributed by atoms with van der Waals surface area (Å²) in [6.07, 6.45) is 1.41. The van der Waals surface area contributed by atoms with Crippen molar-refractivity contribution < 1.29 is 9.59 Å². The van der Waals surface area contributed by atoms with Crippen LogP contribution in [0.5, 0.6) is 0 Å². The number of nitrogens with one attached hydrogen (secondary N) is 4. The molecule has 1 aliphatic heterocycles. The second-order valence-corrected chi connectivity index (χ2v) is 6.74. The summed E-state index contributed by atoms with van der Waals surface area (Å²) in [5.41, 5.74) is 0.956. The van der Waals surface area contributed by atoms with E-state index in [2.05, 4.69) is 37.2 Å². The largest absolute Gasteiger partial charge is 0.354 e. The van der Waals surface area contributed by atoms with E-state index in [-0.39, 0.29) is 11.8 Å². The molecule has 0 aliphatic carbocycles. The van der Waals surface area contributed by atoms with Crippen molar-refractivity contribution in [1.29, 1.82) is 0 Å². The molecule has 1 aromatic carbocycles. The average molecular weight is 397 g/mol. The summed E-state index contributed by atoms with van der Waals surface area (Å²) in [6.45, 7) is 4.28. The van der Waals surface area contributed by atoms with Gasteiger partial charge in [-0.3, -0.25) is 9.59 Å². The lowest BCUT2D eigenvalue weighted by atomic mass is 9.97. The molecule has 1 aliphatic rings. The lowest BCUT2D eigenvalue weighted by Gasteiger charge is -2.18. The van der Waals surface area contributed by atoms with Gasteiger partial charge in [-0.15, -0.1) is 0 Å². The molecule has 6 nitrogen and oxygen atoms in total. The molecule has 0 bridgehead atoms. The van der Waals surface area contributed by atoms with Gasteiger partial charge in [0.25, 0.3) is 0 Å². The first kappa shape index (κ1) is 18.9. The maximum atomic E-state index is 12.5. The van der Waals surface area contributed by atoms with Gasteiger partial charge >= 0.3 is 0 Å². The van der Waals surface area contributed by atoms with E-state index in [0.29, 0.717) is 32.6 Å². The third-order valence-corrected chi connectivity index (χ3v) is 4.36. The standard InChI is InChI=1S/C17H25BrN4O2/c18-14-4-1-3-13(11-14)12-15-16(23)21-9-7-19-5-2-6-20-8-10-22-17(15)24/h1,3-4,11,15,19-20H,2,5-10,12H2,(H,21,23)(H,22,24). The summed E-state index contributed by atoms with van der Waals surface area (Å²) in [5.74, 6) is -1.17. The fraction of sp³-hybridized carbons (Fsp3) is 0.529. The van der Waals surface area contributed by atoms with E-state index in [1.807, 2.05) is 24.3 Å². The summed E-state index contributed by atoms with van der Waals surface area (Å²) < 4.78 is 0.940. The Kier molecular flexibility index (Phi) is 8.21. The molecule has 0 radical (unpaired) electrons. The average Bonchev–Trinajstić information content (AvgIpc) is 2.56. The van der Waals surface area contributed by atoms with Crippen LogP contribution in [0.25, 0.3) is 0 Å². The smallest absolute Gasteiger partial charge is 0.232 e. The molecule has 132 valence electrons. The zero-order valence-electron chi connectivity index (χ0n) is 13.7. The van der Waals surface area contributed by atoms with Crippen molar-refractivity contribution in [3.63, 3.8) is 0 Å². The molecule has 0 unspecified atom stereocenters. The molecule has 1 saturated heterocycles. The summed E-state index contributed by atoms with van der Waals surface area (Å²) in [7, 11) is 0. The van der Waals surface area contributed by atoms with Gasteiger partial charge in [0.1, 0.15) is 5.92 Å². The van der Waals surface area contributed by atoms with Crippen LogP contribution in [0.1, 0.15) is 12.0 Å². The number of carbonyl (C=O) groups is 2. The number of hydrogen-bond donors (Lipinski definition) is 4. The third kappa shape index (κ3) is 6.59. The topological polar surface area (TPSA) is 82.3 Å². The molecule has 2 rings (SSSR count). The van der Waals surface area contributed by atoms with E-state index < -0.39 is 5.92 Å². The summed E-state index contributed by atoms with van der Waals surface area (Å²) in [4.78, 5) is 24.9. The molecular weight excluding hydrogens is 372 g/mol.